The number of likely N-dealkylation sites (N-methyl/N-ethyl adjacent to an activating group) is 2. The maximum atomic E-state index is 13.5. The molecule has 4 aliphatic heterocycles. The van der Waals surface area contributed by atoms with Crippen LogP contribution in [0, 0.1) is 0 Å². The van der Waals surface area contributed by atoms with E-state index in [0.29, 0.717) is 11.4 Å². The van der Waals surface area contributed by atoms with Gasteiger partial charge in [-0.1, -0.05) is 36.4 Å². The second-order valence-electron chi connectivity index (χ2n) is 9.77. The largest absolute Gasteiger partial charge is 0.452 e. The Kier molecular flexibility index (Phi) is 4.49. The highest BCUT2D eigenvalue weighted by Crippen LogP contribution is 2.69. The molecular formula is C26H26N4O6. The third-order valence-corrected chi connectivity index (χ3v) is 8.58. The Bertz CT molecular complexity index is 1240. The molecule has 0 radical (unpaired) electrons. The summed E-state index contributed by atoms with van der Waals surface area (Å²) in [6, 6.07) is 14.9. The molecule has 0 saturated carbocycles. The number of benzene rings is 2. The zero-order valence-electron chi connectivity index (χ0n) is 20.4. The average Bonchev–Trinajstić information content (AvgIpc) is 3.53. The third-order valence-electron chi connectivity index (χ3n) is 8.58. The highest BCUT2D eigenvalue weighted by Gasteiger charge is 2.78. The van der Waals surface area contributed by atoms with Crippen LogP contribution in [-0.4, -0.2) is 74.4 Å². The van der Waals surface area contributed by atoms with Crippen LogP contribution in [0.15, 0.2) is 48.5 Å². The van der Waals surface area contributed by atoms with Crippen molar-refractivity contribution in [1.82, 2.24) is 9.80 Å². The minimum atomic E-state index is -1.05. The minimum Gasteiger partial charge on any atom is -0.452 e. The lowest BCUT2D eigenvalue weighted by Gasteiger charge is -2.48. The van der Waals surface area contributed by atoms with E-state index in [9.17, 15) is 19.2 Å². The summed E-state index contributed by atoms with van der Waals surface area (Å²) in [7, 11) is 5.95. The number of hydrogen-bond donors (Lipinski definition) is 0. The van der Waals surface area contributed by atoms with E-state index in [0.717, 1.165) is 11.1 Å². The molecule has 2 aromatic rings. The van der Waals surface area contributed by atoms with E-state index in [1.807, 2.05) is 48.5 Å². The van der Waals surface area contributed by atoms with E-state index in [2.05, 4.69) is 0 Å². The Morgan fingerprint density at radius 2 is 1.08 bits per heavy atom. The molecule has 10 heteroatoms. The number of nitrogens with zero attached hydrogens (tertiary/aromatic N) is 4. The fourth-order valence-corrected chi connectivity index (χ4v) is 7.33. The molecule has 2 saturated heterocycles. The molecule has 6 rings (SSSR count). The van der Waals surface area contributed by atoms with Gasteiger partial charge in [0, 0.05) is 26.9 Å². The Balaban J connectivity index is 1.74. The normalized spacial score (nSPS) is 29.8. The van der Waals surface area contributed by atoms with E-state index in [4.69, 9.17) is 9.47 Å². The average molecular weight is 491 g/mol. The number of fused-ring (bicyclic) bond motifs is 7. The molecule has 0 bridgehead atoms. The van der Waals surface area contributed by atoms with Crippen molar-refractivity contribution in [3.63, 3.8) is 0 Å². The van der Waals surface area contributed by atoms with E-state index >= 15 is 0 Å². The topological polar surface area (TPSA) is 99.7 Å². The predicted molar refractivity (Wildman–Crippen MR) is 128 cm³/mol. The van der Waals surface area contributed by atoms with Crippen LogP contribution in [0.5, 0.6) is 0 Å². The lowest BCUT2D eigenvalue weighted by Crippen LogP contribution is -2.64. The Morgan fingerprint density at radius 3 is 1.44 bits per heavy atom. The van der Waals surface area contributed by atoms with Gasteiger partial charge in [-0.2, -0.15) is 0 Å². The molecule has 4 aliphatic rings. The van der Waals surface area contributed by atoms with Crippen molar-refractivity contribution in [1.29, 1.82) is 0 Å². The number of ether oxygens (including phenoxy) is 2. The number of hydrogen-bond acceptors (Lipinski definition) is 6. The summed E-state index contributed by atoms with van der Waals surface area (Å²) in [5, 5.41) is 0. The standard InChI is InChI=1S/C26H26N4O6/c1-27-19(31)13-25(15-9-5-7-11-17(15)29(21(25)27)23(33)35-3)26-14-20(32)28(2)22(26)30(24(34)36-4)18-12-8-6-10-16(18)26/h5-12,21-22H,13-14H2,1-4H3. The van der Waals surface area contributed by atoms with Gasteiger partial charge in [0.05, 0.1) is 36.4 Å². The van der Waals surface area contributed by atoms with Gasteiger partial charge in [-0.15, -0.1) is 0 Å². The number of methoxy groups -OCH3 is 2. The van der Waals surface area contributed by atoms with E-state index in [1.54, 1.807) is 23.9 Å². The number of carbonyl (C=O) groups is 4. The molecule has 0 aliphatic carbocycles. The van der Waals surface area contributed by atoms with Crippen molar-refractivity contribution in [3.8, 4) is 0 Å². The smallest absolute Gasteiger partial charge is 0.415 e. The summed E-state index contributed by atoms with van der Waals surface area (Å²) in [4.78, 5) is 59.6. The van der Waals surface area contributed by atoms with Gasteiger partial charge in [0.25, 0.3) is 0 Å². The van der Waals surface area contributed by atoms with Crippen LogP contribution in [0.4, 0.5) is 21.0 Å². The van der Waals surface area contributed by atoms with Crippen LogP contribution >= 0.6 is 0 Å². The highest BCUT2D eigenvalue weighted by molar-refractivity contribution is 6.02. The monoisotopic (exact) mass is 490 g/mol. The quantitative estimate of drug-likeness (QED) is 0.609. The number of anilines is 2. The first kappa shape index (κ1) is 22.4. The van der Waals surface area contributed by atoms with Gasteiger partial charge in [0.1, 0.15) is 12.3 Å². The van der Waals surface area contributed by atoms with E-state index < -0.39 is 35.3 Å². The zero-order valence-corrected chi connectivity index (χ0v) is 20.4. The second-order valence-corrected chi connectivity index (χ2v) is 9.77. The van der Waals surface area contributed by atoms with Crippen molar-refractivity contribution < 1.29 is 28.7 Å². The zero-order chi connectivity index (χ0) is 25.6. The van der Waals surface area contributed by atoms with E-state index in [1.165, 1.54) is 24.0 Å². The lowest BCUT2D eigenvalue weighted by molar-refractivity contribution is -0.128. The molecule has 10 nitrogen and oxygen atoms in total. The second kappa shape index (κ2) is 7.22. The number of rotatable bonds is 1. The molecule has 0 aromatic heterocycles. The lowest BCUT2D eigenvalue weighted by atomic mass is 9.55. The maximum absolute atomic E-state index is 13.5. The number of carbonyl (C=O) groups excluding carboxylic acids is 4. The molecule has 4 heterocycles. The Morgan fingerprint density at radius 1 is 0.722 bits per heavy atom. The molecule has 0 spiro atoms. The molecule has 2 aromatic carbocycles. The number of likely N-dealkylation sites (tertiary alicyclic amines) is 2. The van der Waals surface area contributed by atoms with Gasteiger partial charge in [-0.25, -0.2) is 9.59 Å². The molecule has 4 atom stereocenters. The van der Waals surface area contributed by atoms with Crippen LogP contribution < -0.4 is 9.80 Å². The first-order valence-electron chi connectivity index (χ1n) is 11.7. The maximum Gasteiger partial charge on any atom is 0.415 e. The fourth-order valence-electron chi connectivity index (χ4n) is 7.33. The van der Waals surface area contributed by atoms with Gasteiger partial charge in [-0.3, -0.25) is 19.4 Å². The minimum absolute atomic E-state index is 0.0552. The Labute approximate surface area is 207 Å². The van der Waals surface area contributed by atoms with Crippen LogP contribution in [0.3, 0.4) is 0 Å². The summed E-state index contributed by atoms with van der Waals surface area (Å²) < 4.78 is 10.4. The Hall–Kier alpha value is -4.08. The van der Waals surface area contributed by atoms with Crippen LogP contribution in [-0.2, 0) is 29.9 Å². The molecule has 186 valence electrons. The van der Waals surface area contributed by atoms with Crippen molar-refractivity contribution in [2.75, 3.05) is 38.1 Å². The van der Waals surface area contributed by atoms with Crippen LogP contribution in [0.25, 0.3) is 0 Å². The number of para-hydroxylation sites is 2. The van der Waals surface area contributed by atoms with E-state index in [-0.39, 0.29) is 24.7 Å². The summed E-state index contributed by atoms with van der Waals surface area (Å²) in [6.45, 7) is 0. The first-order valence-corrected chi connectivity index (χ1v) is 11.7. The van der Waals surface area contributed by atoms with Gasteiger partial charge in [0.15, 0.2) is 0 Å². The highest BCUT2D eigenvalue weighted by atomic mass is 16.5. The SMILES string of the molecule is COC(=O)N1c2ccccc2C2(C34CC(=O)N(C)C3N(C(=O)OC)c3ccccc34)CC(=O)N(C)C12. The molecule has 4 amide bonds. The molecule has 4 unspecified atom stereocenters. The molecule has 36 heavy (non-hydrogen) atoms. The van der Waals surface area contributed by atoms with Gasteiger partial charge in [0.2, 0.25) is 11.8 Å². The van der Waals surface area contributed by atoms with Crippen molar-refractivity contribution >= 4 is 35.4 Å². The van der Waals surface area contributed by atoms with Gasteiger partial charge in [-0.05, 0) is 23.3 Å². The third kappa shape index (κ3) is 2.27. The van der Waals surface area contributed by atoms with Gasteiger partial charge < -0.3 is 19.3 Å². The fraction of sp³-hybridized carbons (Fsp3) is 0.385. The summed E-state index contributed by atoms with van der Waals surface area (Å²) in [5.74, 6) is -0.319. The van der Waals surface area contributed by atoms with Crippen molar-refractivity contribution in [2.45, 2.75) is 36.0 Å². The predicted octanol–water partition coefficient (Wildman–Crippen LogP) is 2.41. The molecule has 0 N–H and O–H groups in total. The molecule has 2 fully saturated rings. The van der Waals surface area contributed by atoms with Crippen molar-refractivity contribution in [3.05, 3.63) is 59.7 Å². The van der Waals surface area contributed by atoms with Crippen LogP contribution in [0.1, 0.15) is 24.0 Å². The van der Waals surface area contributed by atoms with Crippen molar-refractivity contribution in [2.24, 2.45) is 0 Å². The summed E-state index contributed by atoms with van der Waals surface area (Å²) >= 11 is 0. The summed E-state index contributed by atoms with van der Waals surface area (Å²) in [5.41, 5.74) is 0.692. The first-order chi connectivity index (χ1) is 17.3. The summed E-state index contributed by atoms with van der Waals surface area (Å²) in [6.07, 6.45) is -2.61. The van der Waals surface area contributed by atoms with Gasteiger partial charge >= 0.3 is 12.2 Å². The van der Waals surface area contributed by atoms with Crippen LogP contribution in [0.2, 0.25) is 0 Å². The number of amides is 4. The molecular weight excluding hydrogens is 464 g/mol.